The third kappa shape index (κ3) is 19.5. The molecule has 113 heavy (non-hydrogen) atoms. The van der Waals surface area contributed by atoms with Crippen molar-refractivity contribution in [3.63, 3.8) is 0 Å². The zero-order valence-corrected chi connectivity index (χ0v) is 68.9. The van der Waals surface area contributed by atoms with Crippen LogP contribution in [0.1, 0.15) is 121 Å². The molecule has 0 bridgehead atoms. The van der Waals surface area contributed by atoms with Gasteiger partial charge in [0.05, 0.1) is 0 Å². The molecule has 0 saturated heterocycles. The topological polar surface area (TPSA) is 19.4 Å². The van der Waals surface area contributed by atoms with Crippen molar-refractivity contribution >= 4 is 0 Å². The maximum absolute atomic E-state index is 7.97. The fraction of sp³-hybridized carbons (Fsp3) is 0.213. The van der Waals surface area contributed by atoms with E-state index in [-0.39, 0.29) is 5.56 Å². The molecular weight excluding hydrogens is 1370 g/mol. The first-order valence-corrected chi connectivity index (χ1v) is 38.5. The lowest BCUT2D eigenvalue weighted by molar-refractivity contribution is -0.660. The zero-order chi connectivity index (χ0) is 93.6. The molecular formula is C108H116N5+5. The molecule has 5 nitrogen and oxygen atoms in total. The van der Waals surface area contributed by atoms with Crippen molar-refractivity contribution in [3.8, 4) is 112 Å². The Balaban J connectivity index is 0.000000155. The smallest absolute Gasteiger partial charge is 0.201 e. The highest BCUT2D eigenvalue weighted by molar-refractivity contribution is 5.80. The lowest BCUT2D eigenvalue weighted by Gasteiger charge is -2.12. The molecule has 15 rings (SSSR count). The van der Waals surface area contributed by atoms with Crippen molar-refractivity contribution in [2.45, 2.75) is 124 Å². The largest absolute Gasteiger partial charge is 0.212 e. The standard InChI is InChI=1S/3C22H24N.2C21H22N/c2*1-15-13-22(23(5)14-18(15)4)21-12-16(2)20(11-17(21)3)19-9-7-6-8-10-19;1-15-12-22(23(5)14-18(15)4)21-13-20(16(2)11-17(21)3)19-9-7-6-8-10-19;2*1-15-10-11-21(22(4)14-15)20-13-19(16(2)12-17(20)3)18-8-6-5-7-9-18/h3*6-14H,1-5H3;2*5-14H,1-4H3/q5*+1/i4D3;;2D3,4D3;1D3,2D3;. The van der Waals surface area contributed by atoms with Crippen LogP contribution in [0.3, 0.4) is 0 Å². The molecule has 15 aromatic rings. The zero-order valence-electron chi connectivity index (χ0n) is 83.9. The van der Waals surface area contributed by atoms with E-state index in [2.05, 4.69) is 237 Å². The van der Waals surface area contributed by atoms with Crippen molar-refractivity contribution in [2.75, 3.05) is 0 Å². The van der Waals surface area contributed by atoms with Crippen LogP contribution >= 0.6 is 0 Å². The predicted octanol–water partition coefficient (Wildman–Crippen LogP) is 24.8. The number of aryl methyl sites for hydroxylation is 23. The van der Waals surface area contributed by atoms with Gasteiger partial charge in [-0.1, -0.05) is 182 Å². The molecule has 0 aliphatic heterocycles. The molecule has 0 radical (unpaired) electrons. The number of rotatable bonds is 10. The highest BCUT2D eigenvalue weighted by atomic mass is 14.9. The maximum atomic E-state index is 7.97. The van der Waals surface area contributed by atoms with Gasteiger partial charge in [-0.05, 0) is 295 Å². The number of benzene rings is 10. The lowest BCUT2D eigenvalue weighted by atomic mass is 9.93. The van der Waals surface area contributed by atoms with Gasteiger partial charge in [-0.25, -0.2) is 22.8 Å². The van der Waals surface area contributed by atoms with Crippen LogP contribution in [0, 0.1) is 124 Å². The number of aromatic nitrogens is 5. The van der Waals surface area contributed by atoms with E-state index >= 15 is 0 Å². The van der Waals surface area contributed by atoms with Gasteiger partial charge in [0.1, 0.15) is 35.2 Å². The molecule has 0 unspecified atom stereocenters. The highest BCUT2D eigenvalue weighted by Gasteiger charge is 2.23. The summed E-state index contributed by atoms with van der Waals surface area (Å²) < 4.78 is 127. The summed E-state index contributed by atoms with van der Waals surface area (Å²) in [6, 6.07) is 85.2. The van der Waals surface area contributed by atoms with Gasteiger partial charge < -0.3 is 0 Å². The highest BCUT2D eigenvalue weighted by Crippen LogP contribution is 2.37. The Bertz CT molecular complexity index is 6530. The third-order valence-corrected chi connectivity index (χ3v) is 21.4. The quantitative estimate of drug-likeness (QED) is 0.122. The fourth-order valence-electron chi connectivity index (χ4n) is 14.9. The minimum atomic E-state index is -2.24. The molecule has 5 aromatic heterocycles. The molecule has 0 aliphatic rings. The summed E-state index contributed by atoms with van der Waals surface area (Å²) in [5, 5.41) is 0. The molecule has 0 aliphatic carbocycles. The van der Waals surface area contributed by atoms with Gasteiger partial charge in [-0.3, -0.25) is 0 Å². The van der Waals surface area contributed by atoms with E-state index in [1.54, 1.807) is 66.0 Å². The predicted molar refractivity (Wildman–Crippen MR) is 478 cm³/mol. The van der Waals surface area contributed by atoms with E-state index in [1.807, 2.05) is 130 Å². The number of hydrogen-bond acceptors (Lipinski definition) is 0. The molecule has 0 spiro atoms. The molecule has 0 saturated carbocycles. The van der Waals surface area contributed by atoms with E-state index in [9.17, 15) is 0 Å². The van der Waals surface area contributed by atoms with Crippen LogP contribution in [0.4, 0.5) is 0 Å². The minimum absolute atomic E-state index is 0.263. The summed E-state index contributed by atoms with van der Waals surface area (Å²) in [5.74, 6) is 0. The van der Waals surface area contributed by atoms with Gasteiger partial charge in [0.15, 0.2) is 31.0 Å². The van der Waals surface area contributed by atoms with E-state index in [4.69, 9.17) is 20.6 Å². The van der Waals surface area contributed by atoms with Crippen LogP contribution in [-0.2, 0) is 35.2 Å². The van der Waals surface area contributed by atoms with Crippen LogP contribution in [0.2, 0.25) is 0 Å². The third-order valence-electron chi connectivity index (χ3n) is 21.4. The second kappa shape index (κ2) is 36.4. The number of nitrogens with zero attached hydrogens (tertiary/aromatic N) is 5. The summed E-state index contributed by atoms with van der Waals surface area (Å²) in [5.41, 5.74) is 37.6. The van der Waals surface area contributed by atoms with Crippen molar-refractivity contribution in [1.82, 2.24) is 0 Å². The van der Waals surface area contributed by atoms with E-state index in [0.717, 1.165) is 61.6 Å². The summed E-state index contributed by atoms with van der Waals surface area (Å²) in [6.07, 6.45) is 9.36. The Morgan fingerprint density at radius 2 is 0.398 bits per heavy atom. The van der Waals surface area contributed by atoms with Gasteiger partial charge >= 0.3 is 0 Å². The lowest BCUT2D eigenvalue weighted by Crippen LogP contribution is -2.31. The normalized spacial score (nSPS) is 13.3. The molecule has 5 heterocycles. The molecule has 0 N–H and O–H groups in total. The van der Waals surface area contributed by atoms with E-state index in [1.165, 1.54) is 106 Å². The Hall–Kier alpha value is -12.1. The van der Waals surface area contributed by atoms with Gasteiger partial charge in [-0.2, -0.15) is 0 Å². The van der Waals surface area contributed by atoms with E-state index in [0.29, 0.717) is 38.9 Å². The summed E-state index contributed by atoms with van der Waals surface area (Å²) in [4.78, 5) is 0. The van der Waals surface area contributed by atoms with Crippen molar-refractivity contribution < 1.29 is 43.4 Å². The average molecular weight is 1500 g/mol. The first kappa shape index (κ1) is 63.6. The van der Waals surface area contributed by atoms with Gasteiger partial charge in [0, 0.05) is 107 Å². The van der Waals surface area contributed by atoms with E-state index < -0.39 is 34.3 Å². The first-order valence-electron chi connectivity index (χ1n) is 46.0. The van der Waals surface area contributed by atoms with Gasteiger partial charge in [0.2, 0.25) is 28.5 Å². The second-order valence-corrected chi connectivity index (χ2v) is 30.2. The Kier molecular flexibility index (Phi) is 20.5. The Morgan fingerprint density at radius 3 is 0.726 bits per heavy atom. The van der Waals surface area contributed by atoms with Crippen LogP contribution < -0.4 is 22.8 Å². The van der Waals surface area contributed by atoms with Gasteiger partial charge in [-0.15, -0.1) is 0 Å². The summed E-state index contributed by atoms with van der Waals surface area (Å²) >= 11 is 0. The molecule has 10 aromatic carbocycles. The van der Waals surface area contributed by atoms with Crippen molar-refractivity contribution in [2.24, 2.45) is 35.2 Å². The molecule has 5 heteroatoms. The van der Waals surface area contributed by atoms with Crippen molar-refractivity contribution in [1.29, 1.82) is 0 Å². The first-order chi connectivity index (χ1) is 60.1. The van der Waals surface area contributed by atoms with Crippen LogP contribution in [0.25, 0.3) is 112 Å². The second-order valence-electron chi connectivity index (χ2n) is 30.2. The summed E-state index contributed by atoms with van der Waals surface area (Å²) in [7, 11) is 9.75. The maximum Gasteiger partial charge on any atom is 0.212 e. The van der Waals surface area contributed by atoms with Crippen LogP contribution in [0.15, 0.2) is 286 Å². The molecule has 0 atom stereocenters. The monoisotopic (exact) mass is 1500 g/mol. The fourth-order valence-corrected chi connectivity index (χ4v) is 14.9. The van der Waals surface area contributed by atoms with Crippen molar-refractivity contribution in [3.05, 3.63) is 386 Å². The average Bonchev–Trinajstić information content (AvgIpc) is 0.766. The number of pyridine rings is 5. The number of hydrogen-bond donors (Lipinski definition) is 0. The Labute approximate surface area is 697 Å². The van der Waals surface area contributed by atoms with Gasteiger partial charge in [0.25, 0.3) is 0 Å². The molecule has 0 amide bonds. The SMILES string of the molecule is Cc1cc(-c2cc(C)c(-c3ccccc3)cc2C)[n+](C)cc1C.Cc1ccc(-c2cc(-c3ccccc3)c(C)cc2C)[n+](C)c1.[2H]C([2H])([2H])c1c[n+](C)c(-c2cc(-c3ccccc3)c(C([2H])([2H])[2H])cc2C)cc1C.[2H]C([2H])([2H])c1c[n+](C)c(-c2cc(C)c(-c3ccccc3)cc2C)cc1C.[2H]C([2H])([2H])c1ccc(-c2cc(-c3ccccc3)c(C([2H])([2H])[2H])cc2C)[n+](C)c1. The summed E-state index contributed by atoms with van der Waals surface area (Å²) in [6.45, 7) is 16.0. The minimum Gasteiger partial charge on any atom is -0.201 e. The molecule has 0 fully saturated rings. The van der Waals surface area contributed by atoms with Crippen LogP contribution in [-0.4, -0.2) is 0 Å². The van der Waals surface area contributed by atoms with Crippen LogP contribution in [0.5, 0.6) is 0 Å². The Morgan fingerprint density at radius 1 is 0.168 bits per heavy atom. The molecule has 568 valence electrons.